The maximum Gasteiger partial charge on any atom is 0.144 e. The summed E-state index contributed by atoms with van der Waals surface area (Å²) in [5.74, 6) is -0.514. The van der Waals surface area contributed by atoms with Crippen molar-refractivity contribution in [2.45, 2.75) is 31.2 Å². The third kappa shape index (κ3) is 3.43. The van der Waals surface area contributed by atoms with E-state index in [0.29, 0.717) is 10.4 Å². The normalized spacial score (nSPS) is 23.6. The second-order valence-corrected chi connectivity index (χ2v) is 6.20. The van der Waals surface area contributed by atoms with E-state index in [2.05, 4.69) is 21.2 Å². The van der Waals surface area contributed by atoms with Crippen LogP contribution in [0.3, 0.4) is 0 Å². The van der Waals surface area contributed by atoms with E-state index in [1.807, 2.05) is 0 Å². The molecule has 5 heteroatoms. The maximum atomic E-state index is 13.7. The van der Waals surface area contributed by atoms with E-state index in [1.165, 1.54) is 12.1 Å². The lowest BCUT2D eigenvalue weighted by atomic mass is 10.1. The number of halogens is 4. The van der Waals surface area contributed by atoms with E-state index in [0.717, 1.165) is 25.8 Å². The Labute approximate surface area is 119 Å². The fourth-order valence-electron chi connectivity index (χ4n) is 2.33. The Morgan fingerprint density at radius 3 is 2.78 bits per heavy atom. The summed E-state index contributed by atoms with van der Waals surface area (Å²) in [6.45, 7) is 0.967. The van der Waals surface area contributed by atoms with Gasteiger partial charge in [0.15, 0.2) is 0 Å². The van der Waals surface area contributed by atoms with Crippen molar-refractivity contribution in [2.75, 3.05) is 6.54 Å². The van der Waals surface area contributed by atoms with Crippen LogP contribution >= 0.6 is 27.5 Å². The quantitative estimate of drug-likeness (QED) is 0.640. The highest BCUT2D eigenvalue weighted by Crippen LogP contribution is 2.29. The Balaban J connectivity index is 1.88. The molecule has 1 aliphatic carbocycles. The molecule has 100 valence electrons. The van der Waals surface area contributed by atoms with Crippen molar-refractivity contribution >= 4 is 27.5 Å². The zero-order valence-corrected chi connectivity index (χ0v) is 12.2. The molecule has 1 aromatic carbocycles. The lowest BCUT2D eigenvalue weighted by Gasteiger charge is -2.12. The summed E-state index contributed by atoms with van der Waals surface area (Å²) in [4.78, 5) is 0. The van der Waals surface area contributed by atoms with Crippen LogP contribution in [0.4, 0.5) is 8.78 Å². The van der Waals surface area contributed by atoms with E-state index in [1.54, 1.807) is 0 Å². The summed E-state index contributed by atoms with van der Waals surface area (Å²) in [5, 5.41) is 3.37. The highest BCUT2D eigenvalue weighted by molar-refractivity contribution is 9.10. The van der Waals surface area contributed by atoms with Gasteiger partial charge in [-0.3, -0.25) is 0 Å². The van der Waals surface area contributed by atoms with E-state index in [-0.39, 0.29) is 17.5 Å². The molecule has 0 saturated heterocycles. The molecule has 2 unspecified atom stereocenters. The summed E-state index contributed by atoms with van der Waals surface area (Å²) in [6, 6.07) is 2.65. The van der Waals surface area contributed by atoms with Crippen LogP contribution in [0, 0.1) is 17.6 Å². The van der Waals surface area contributed by atoms with Crippen molar-refractivity contribution in [2.24, 2.45) is 5.92 Å². The van der Waals surface area contributed by atoms with Crippen LogP contribution in [0.2, 0.25) is 0 Å². The van der Waals surface area contributed by atoms with Gasteiger partial charge in [-0.25, -0.2) is 8.78 Å². The molecule has 0 aliphatic heterocycles. The fraction of sp³-hybridized carbons (Fsp3) is 0.538. The SMILES string of the molecule is Fc1ccc(Br)c(F)c1CNCC1CCC(Cl)C1. The molecule has 0 amide bonds. The summed E-state index contributed by atoms with van der Waals surface area (Å²) < 4.78 is 27.4. The third-order valence-electron chi connectivity index (χ3n) is 3.35. The minimum Gasteiger partial charge on any atom is -0.312 e. The van der Waals surface area contributed by atoms with E-state index in [4.69, 9.17) is 11.6 Å². The molecule has 1 aromatic rings. The first-order chi connectivity index (χ1) is 8.58. The van der Waals surface area contributed by atoms with Gasteiger partial charge < -0.3 is 5.32 Å². The molecular formula is C13H15BrClF2N. The predicted molar refractivity (Wildman–Crippen MR) is 72.7 cm³/mol. The standard InChI is InChI=1S/C13H15BrClF2N/c14-11-3-4-12(16)10(13(11)17)7-18-6-8-1-2-9(15)5-8/h3-4,8-9,18H,1-2,5-7H2. The van der Waals surface area contributed by atoms with Gasteiger partial charge in [0, 0.05) is 17.5 Å². The van der Waals surface area contributed by atoms with Gasteiger partial charge in [0.05, 0.1) is 4.47 Å². The number of hydrogen-bond donors (Lipinski definition) is 1. The molecule has 1 fully saturated rings. The molecule has 2 rings (SSSR count). The monoisotopic (exact) mass is 337 g/mol. The van der Waals surface area contributed by atoms with E-state index < -0.39 is 11.6 Å². The van der Waals surface area contributed by atoms with Crippen LogP contribution in [-0.2, 0) is 6.54 Å². The maximum absolute atomic E-state index is 13.7. The van der Waals surface area contributed by atoms with E-state index in [9.17, 15) is 8.78 Å². The number of alkyl halides is 1. The van der Waals surface area contributed by atoms with Crippen molar-refractivity contribution in [3.63, 3.8) is 0 Å². The molecule has 1 saturated carbocycles. The van der Waals surface area contributed by atoms with Gasteiger partial charge in [0.2, 0.25) is 0 Å². The van der Waals surface area contributed by atoms with Gasteiger partial charge in [0.25, 0.3) is 0 Å². The molecule has 0 aromatic heterocycles. The largest absolute Gasteiger partial charge is 0.312 e. The first kappa shape index (κ1) is 14.2. The molecule has 1 aliphatic rings. The Hall–Kier alpha value is -0.190. The topological polar surface area (TPSA) is 12.0 Å². The van der Waals surface area contributed by atoms with Gasteiger partial charge in [-0.1, -0.05) is 0 Å². The molecule has 1 nitrogen and oxygen atoms in total. The Morgan fingerprint density at radius 2 is 2.11 bits per heavy atom. The molecule has 2 atom stereocenters. The van der Waals surface area contributed by atoms with Crippen LogP contribution in [0.15, 0.2) is 16.6 Å². The van der Waals surface area contributed by atoms with Crippen LogP contribution in [-0.4, -0.2) is 11.9 Å². The van der Waals surface area contributed by atoms with Crippen LogP contribution in [0.1, 0.15) is 24.8 Å². The number of rotatable bonds is 4. The number of hydrogen-bond acceptors (Lipinski definition) is 1. The lowest BCUT2D eigenvalue weighted by molar-refractivity contribution is 0.471. The molecule has 18 heavy (non-hydrogen) atoms. The highest BCUT2D eigenvalue weighted by atomic mass is 79.9. The van der Waals surface area contributed by atoms with Crippen molar-refractivity contribution in [1.82, 2.24) is 5.32 Å². The molecular weight excluding hydrogens is 324 g/mol. The molecule has 1 N–H and O–H groups in total. The molecule has 0 heterocycles. The van der Waals surface area contributed by atoms with Crippen molar-refractivity contribution in [3.8, 4) is 0 Å². The predicted octanol–water partition coefficient (Wildman–Crippen LogP) is 4.22. The number of benzene rings is 1. The second-order valence-electron chi connectivity index (χ2n) is 4.73. The van der Waals surface area contributed by atoms with Gasteiger partial charge in [-0.2, -0.15) is 0 Å². The summed E-state index contributed by atoms with van der Waals surface area (Å²) in [7, 11) is 0. The van der Waals surface area contributed by atoms with Gasteiger partial charge in [-0.15, -0.1) is 11.6 Å². The summed E-state index contributed by atoms with van der Waals surface area (Å²) in [5.41, 5.74) is 0.0878. The van der Waals surface area contributed by atoms with Crippen molar-refractivity contribution < 1.29 is 8.78 Å². The third-order valence-corrected chi connectivity index (χ3v) is 4.36. The minimum absolute atomic E-state index is 0.0878. The zero-order valence-electron chi connectivity index (χ0n) is 9.86. The van der Waals surface area contributed by atoms with Gasteiger partial charge in [-0.05, 0) is 59.8 Å². The van der Waals surface area contributed by atoms with Crippen molar-refractivity contribution in [3.05, 3.63) is 33.8 Å². The Kier molecular flexibility index (Phi) is 4.98. The zero-order chi connectivity index (χ0) is 13.1. The van der Waals surface area contributed by atoms with Crippen LogP contribution in [0.25, 0.3) is 0 Å². The number of nitrogens with one attached hydrogen (secondary N) is 1. The Morgan fingerprint density at radius 1 is 1.33 bits per heavy atom. The van der Waals surface area contributed by atoms with Crippen LogP contribution in [0.5, 0.6) is 0 Å². The van der Waals surface area contributed by atoms with Crippen LogP contribution < -0.4 is 5.32 Å². The minimum atomic E-state index is -0.524. The first-order valence-corrected chi connectivity index (χ1v) is 7.28. The average molecular weight is 339 g/mol. The summed E-state index contributed by atoms with van der Waals surface area (Å²) >= 11 is 9.08. The highest BCUT2D eigenvalue weighted by Gasteiger charge is 2.22. The van der Waals surface area contributed by atoms with Gasteiger partial charge >= 0.3 is 0 Å². The molecule has 0 bridgehead atoms. The average Bonchev–Trinajstić information content (AvgIpc) is 2.74. The fourth-order valence-corrected chi connectivity index (χ4v) is 3.08. The molecule has 0 spiro atoms. The second kappa shape index (κ2) is 6.31. The van der Waals surface area contributed by atoms with Crippen molar-refractivity contribution in [1.29, 1.82) is 0 Å². The van der Waals surface area contributed by atoms with Gasteiger partial charge in [0.1, 0.15) is 11.6 Å². The Bertz CT molecular complexity index is 428. The van der Waals surface area contributed by atoms with E-state index >= 15 is 0 Å². The summed E-state index contributed by atoms with van der Waals surface area (Å²) in [6.07, 6.45) is 3.11. The smallest absolute Gasteiger partial charge is 0.144 e. The first-order valence-electron chi connectivity index (χ1n) is 6.05. The molecule has 0 radical (unpaired) electrons. The lowest BCUT2D eigenvalue weighted by Crippen LogP contribution is -2.22.